The molecule has 0 aromatic rings. The predicted molar refractivity (Wildman–Crippen MR) is 76.8 cm³/mol. The van der Waals surface area contributed by atoms with Gasteiger partial charge in [0.25, 0.3) is 0 Å². The molecule has 2 aliphatic rings. The van der Waals surface area contributed by atoms with Crippen LogP contribution in [0.4, 0.5) is 4.79 Å². The molecule has 2 amide bonds. The number of carbonyl (C=O) groups is 2. The van der Waals surface area contributed by atoms with Crippen LogP contribution >= 0.6 is 0 Å². The fraction of sp³-hybridized carbons (Fsp3) is 0.846. The maximum absolute atomic E-state index is 12.4. The van der Waals surface area contributed by atoms with Gasteiger partial charge in [0.1, 0.15) is 5.54 Å². The fourth-order valence-electron chi connectivity index (χ4n) is 3.06. The van der Waals surface area contributed by atoms with E-state index in [-0.39, 0.29) is 11.5 Å². The van der Waals surface area contributed by atoms with Crippen LogP contribution in [0.25, 0.3) is 0 Å². The summed E-state index contributed by atoms with van der Waals surface area (Å²) < 4.78 is 23.2. The minimum absolute atomic E-state index is 0.0592. The number of piperidine rings is 1. The lowest BCUT2D eigenvalue weighted by molar-refractivity contribution is -0.150. The van der Waals surface area contributed by atoms with Gasteiger partial charge in [-0.05, 0) is 39.0 Å². The monoisotopic (exact) mass is 318 g/mol. The Morgan fingerprint density at radius 1 is 1.29 bits per heavy atom. The van der Waals surface area contributed by atoms with Crippen LogP contribution in [-0.4, -0.2) is 60.1 Å². The van der Waals surface area contributed by atoms with Crippen LogP contribution in [0.2, 0.25) is 0 Å². The first-order chi connectivity index (χ1) is 9.74. The second-order valence-corrected chi connectivity index (χ2v) is 8.32. The second kappa shape index (κ2) is 5.82. The Morgan fingerprint density at radius 3 is 2.62 bits per heavy atom. The van der Waals surface area contributed by atoms with Gasteiger partial charge in [-0.1, -0.05) is 0 Å². The number of nitrogens with one attached hydrogen (secondary N) is 1. The van der Waals surface area contributed by atoms with Crippen molar-refractivity contribution in [1.82, 2.24) is 10.2 Å². The Hall–Kier alpha value is -1.31. The maximum atomic E-state index is 12.4. The summed E-state index contributed by atoms with van der Waals surface area (Å²) in [7, 11) is -3.10. The van der Waals surface area contributed by atoms with Crippen LogP contribution < -0.4 is 5.32 Å². The van der Waals surface area contributed by atoms with Gasteiger partial charge in [0.05, 0.1) is 11.5 Å². The van der Waals surface area contributed by atoms with Crippen molar-refractivity contribution in [1.29, 1.82) is 0 Å². The molecule has 2 fully saturated rings. The Kier molecular flexibility index (Phi) is 4.46. The van der Waals surface area contributed by atoms with Crippen LogP contribution in [-0.2, 0) is 14.6 Å². The van der Waals surface area contributed by atoms with E-state index < -0.39 is 33.4 Å². The number of carboxylic acids is 1. The summed E-state index contributed by atoms with van der Waals surface area (Å²) in [6, 6.07) is -0.891. The summed E-state index contributed by atoms with van der Waals surface area (Å²) in [5.41, 5.74) is -1.21. The van der Waals surface area contributed by atoms with Crippen LogP contribution in [0.1, 0.15) is 39.0 Å². The molecule has 0 radical (unpaired) electrons. The Labute approximate surface area is 124 Å². The highest BCUT2D eigenvalue weighted by molar-refractivity contribution is 7.91. The zero-order valence-corrected chi connectivity index (χ0v) is 13.0. The molecule has 120 valence electrons. The number of rotatable bonds is 2. The number of sulfone groups is 1. The molecule has 2 heterocycles. The molecule has 2 unspecified atom stereocenters. The van der Waals surface area contributed by atoms with E-state index in [4.69, 9.17) is 0 Å². The van der Waals surface area contributed by atoms with Gasteiger partial charge in [-0.2, -0.15) is 0 Å². The van der Waals surface area contributed by atoms with Crippen molar-refractivity contribution in [2.75, 3.05) is 18.1 Å². The van der Waals surface area contributed by atoms with Crippen molar-refractivity contribution in [2.24, 2.45) is 0 Å². The number of carboxylic acid groups (broad SMARTS) is 1. The first-order valence-corrected chi connectivity index (χ1v) is 9.09. The number of aliphatic carboxylic acids is 1. The van der Waals surface area contributed by atoms with Crippen molar-refractivity contribution < 1.29 is 23.1 Å². The average molecular weight is 318 g/mol. The van der Waals surface area contributed by atoms with Crippen LogP contribution in [0, 0.1) is 0 Å². The molecular formula is C13H22N2O5S. The van der Waals surface area contributed by atoms with Crippen molar-refractivity contribution in [3.63, 3.8) is 0 Å². The van der Waals surface area contributed by atoms with Crippen molar-refractivity contribution in [2.45, 2.75) is 50.6 Å². The lowest BCUT2D eigenvalue weighted by atomic mass is 9.89. The van der Waals surface area contributed by atoms with Gasteiger partial charge in [0.15, 0.2) is 9.84 Å². The summed E-state index contributed by atoms with van der Waals surface area (Å²) >= 11 is 0. The largest absolute Gasteiger partial charge is 0.480 e. The number of hydrogen-bond acceptors (Lipinski definition) is 4. The van der Waals surface area contributed by atoms with E-state index in [2.05, 4.69) is 5.32 Å². The molecule has 21 heavy (non-hydrogen) atoms. The maximum Gasteiger partial charge on any atom is 0.329 e. The third-order valence-corrected chi connectivity index (χ3v) is 6.21. The lowest BCUT2D eigenvalue weighted by Gasteiger charge is -2.42. The average Bonchev–Trinajstić information content (AvgIpc) is 2.37. The molecule has 0 aromatic heterocycles. The number of nitrogens with zero attached hydrogens (tertiary/aromatic N) is 1. The second-order valence-electron chi connectivity index (χ2n) is 6.09. The van der Waals surface area contributed by atoms with E-state index in [1.165, 1.54) is 4.90 Å². The summed E-state index contributed by atoms with van der Waals surface area (Å²) in [6.45, 7) is 1.93. The zero-order valence-electron chi connectivity index (χ0n) is 12.2. The minimum atomic E-state index is -3.10. The third kappa shape index (κ3) is 3.48. The highest BCUT2D eigenvalue weighted by Gasteiger charge is 2.44. The Morgan fingerprint density at radius 2 is 2.00 bits per heavy atom. The fourth-order valence-corrected chi connectivity index (χ4v) is 4.69. The molecule has 0 bridgehead atoms. The molecule has 2 atom stereocenters. The van der Waals surface area contributed by atoms with Crippen molar-refractivity contribution in [3.05, 3.63) is 0 Å². The number of carbonyl (C=O) groups excluding carboxylic acids is 1. The topological polar surface area (TPSA) is 104 Å². The van der Waals surface area contributed by atoms with Gasteiger partial charge in [-0.25, -0.2) is 18.0 Å². The number of likely N-dealkylation sites (tertiary alicyclic amines) is 1. The highest BCUT2D eigenvalue weighted by Crippen LogP contribution is 2.28. The van der Waals surface area contributed by atoms with Gasteiger partial charge in [0, 0.05) is 12.6 Å². The molecule has 0 spiro atoms. The van der Waals surface area contributed by atoms with E-state index in [0.717, 1.165) is 12.8 Å². The molecule has 2 rings (SSSR count). The lowest BCUT2D eigenvalue weighted by Crippen LogP contribution is -2.61. The van der Waals surface area contributed by atoms with E-state index in [9.17, 15) is 23.1 Å². The summed E-state index contributed by atoms with van der Waals surface area (Å²) in [6.07, 6.45) is 3.09. The zero-order chi connectivity index (χ0) is 15.7. The molecule has 2 saturated heterocycles. The summed E-state index contributed by atoms with van der Waals surface area (Å²) in [5.74, 6) is -0.916. The molecular weight excluding hydrogens is 296 g/mol. The van der Waals surface area contributed by atoms with Crippen LogP contribution in [0.3, 0.4) is 0 Å². The standard InChI is InChI=1S/C13H22N2O5S/c1-13(11(16)17)6-2-3-7-15(13)12(18)14-10-5-4-8-21(19,20)9-10/h10H,2-9H2,1H3,(H,14,18)(H,16,17). The molecule has 2 N–H and O–H groups in total. The molecule has 0 aromatic carbocycles. The number of amides is 2. The van der Waals surface area contributed by atoms with Crippen molar-refractivity contribution >= 4 is 21.8 Å². The molecule has 2 aliphatic heterocycles. The van der Waals surface area contributed by atoms with Crippen LogP contribution in [0.15, 0.2) is 0 Å². The molecule has 0 saturated carbocycles. The van der Waals surface area contributed by atoms with Gasteiger partial charge in [0.2, 0.25) is 0 Å². The highest BCUT2D eigenvalue weighted by atomic mass is 32.2. The summed E-state index contributed by atoms with van der Waals surface area (Å²) in [5, 5.41) is 12.1. The smallest absolute Gasteiger partial charge is 0.329 e. The molecule has 8 heteroatoms. The SMILES string of the molecule is CC1(C(=O)O)CCCCN1C(=O)NC1CCCS(=O)(=O)C1. The number of urea groups is 1. The minimum Gasteiger partial charge on any atom is -0.480 e. The van der Waals surface area contributed by atoms with E-state index in [0.29, 0.717) is 25.8 Å². The van der Waals surface area contributed by atoms with Gasteiger partial charge in [-0.3, -0.25) is 0 Å². The quantitative estimate of drug-likeness (QED) is 0.776. The summed E-state index contributed by atoms with van der Waals surface area (Å²) in [4.78, 5) is 25.2. The number of hydrogen-bond donors (Lipinski definition) is 2. The van der Waals surface area contributed by atoms with E-state index in [1.54, 1.807) is 6.92 Å². The molecule has 7 nitrogen and oxygen atoms in total. The third-order valence-electron chi connectivity index (χ3n) is 4.39. The van der Waals surface area contributed by atoms with Gasteiger partial charge in [-0.15, -0.1) is 0 Å². The molecule has 0 aliphatic carbocycles. The van der Waals surface area contributed by atoms with Gasteiger partial charge >= 0.3 is 12.0 Å². The van der Waals surface area contributed by atoms with Gasteiger partial charge < -0.3 is 15.3 Å². The first kappa shape index (κ1) is 16.1. The Balaban J connectivity index is 2.06. The predicted octanol–water partition coefficient (Wildman–Crippen LogP) is 0.602. The van der Waals surface area contributed by atoms with Crippen LogP contribution in [0.5, 0.6) is 0 Å². The Bertz CT molecular complexity index is 533. The van der Waals surface area contributed by atoms with E-state index >= 15 is 0 Å². The van der Waals surface area contributed by atoms with Crippen molar-refractivity contribution in [3.8, 4) is 0 Å². The normalized spacial score (nSPS) is 32.4. The van der Waals surface area contributed by atoms with E-state index in [1.807, 2.05) is 0 Å². The first-order valence-electron chi connectivity index (χ1n) is 7.26.